The Balaban J connectivity index is 3.71. The van der Waals surface area contributed by atoms with Crippen LogP contribution in [0.25, 0.3) is 0 Å². The predicted molar refractivity (Wildman–Crippen MR) is 66.0 cm³/mol. The Morgan fingerprint density at radius 3 is 2.12 bits per heavy atom. The van der Waals surface area contributed by atoms with Crippen LogP contribution < -0.4 is 0 Å². The SMILES string of the molecule is C=CCCCCCC[Si](OC)(OC)OOC. The molecule has 0 rings (SSSR count). The second kappa shape index (κ2) is 9.98. The van der Waals surface area contributed by atoms with Crippen molar-refractivity contribution in [2.24, 2.45) is 0 Å². The van der Waals surface area contributed by atoms with Crippen molar-refractivity contribution in [3.63, 3.8) is 0 Å². The largest absolute Gasteiger partial charge is 0.529 e. The van der Waals surface area contributed by atoms with Gasteiger partial charge in [-0.3, -0.25) is 0 Å². The van der Waals surface area contributed by atoms with Crippen molar-refractivity contribution in [3.05, 3.63) is 12.7 Å². The van der Waals surface area contributed by atoms with E-state index in [1.165, 1.54) is 20.0 Å². The third-order valence-electron chi connectivity index (χ3n) is 2.47. The molecule has 0 aromatic rings. The third kappa shape index (κ3) is 6.39. The van der Waals surface area contributed by atoms with E-state index in [0.29, 0.717) is 0 Å². The van der Waals surface area contributed by atoms with Gasteiger partial charge in [0, 0.05) is 20.3 Å². The van der Waals surface area contributed by atoms with Gasteiger partial charge in [-0.25, -0.2) is 9.46 Å². The summed E-state index contributed by atoms with van der Waals surface area (Å²) in [6.07, 6.45) is 7.64. The second-order valence-electron chi connectivity index (χ2n) is 3.58. The van der Waals surface area contributed by atoms with Gasteiger partial charge in [-0.15, -0.1) is 6.58 Å². The van der Waals surface area contributed by atoms with Gasteiger partial charge in [0.1, 0.15) is 0 Å². The van der Waals surface area contributed by atoms with Crippen LogP contribution in [-0.2, 0) is 18.3 Å². The highest BCUT2D eigenvalue weighted by Crippen LogP contribution is 2.18. The number of hydrogen-bond donors (Lipinski definition) is 0. The maximum Gasteiger partial charge on any atom is 0.529 e. The lowest BCUT2D eigenvalue weighted by atomic mass is 10.1. The van der Waals surface area contributed by atoms with E-state index in [1.54, 1.807) is 14.2 Å². The molecule has 0 amide bonds. The second-order valence-corrected chi connectivity index (χ2v) is 6.43. The summed E-state index contributed by atoms with van der Waals surface area (Å²) >= 11 is 0. The zero-order valence-electron chi connectivity index (χ0n) is 10.7. The summed E-state index contributed by atoms with van der Waals surface area (Å²) in [5, 5.41) is 0. The van der Waals surface area contributed by atoms with Crippen LogP contribution in [0.4, 0.5) is 0 Å². The molecule has 0 aromatic heterocycles. The molecule has 0 fully saturated rings. The zero-order valence-corrected chi connectivity index (χ0v) is 11.7. The Hall–Kier alpha value is -0.203. The molecular weight excluding hydrogens is 224 g/mol. The Kier molecular flexibility index (Phi) is 9.86. The molecule has 0 bridgehead atoms. The molecule has 0 saturated heterocycles. The van der Waals surface area contributed by atoms with Crippen LogP contribution in [0.2, 0.25) is 6.04 Å². The van der Waals surface area contributed by atoms with Crippen LogP contribution in [0.5, 0.6) is 0 Å². The van der Waals surface area contributed by atoms with E-state index in [9.17, 15) is 0 Å². The van der Waals surface area contributed by atoms with E-state index in [2.05, 4.69) is 11.5 Å². The van der Waals surface area contributed by atoms with Gasteiger partial charge in [0.25, 0.3) is 0 Å². The topological polar surface area (TPSA) is 36.9 Å². The average Bonchev–Trinajstić information content (AvgIpc) is 2.32. The molecule has 0 unspecified atom stereocenters. The van der Waals surface area contributed by atoms with E-state index in [0.717, 1.165) is 25.3 Å². The standard InChI is InChI=1S/C11H24O4Si/c1-5-6-7-8-9-10-11-16(13-3,14-4)15-12-2/h5H,1,6-11H2,2-4H3. The van der Waals surface area contributed by atoms with Crippen molar-refractivity contribution in [2.45, 2.75) is 38.1 Å². The average molecular weight is 248 g/mol. The predicted octanol–water partition coefficient (Wildman–Crippen LogP) is 2.93. The first-order valence-electron chi connectivity index (χ1n) is 5.67. The lowest BCUT2D eigenvalue weighted by Crippen LogP contribution is -2.43. The highest BCUT2D eigenvalue weighted by Gasteiger charge is 2.39. The molecule has 5 heteroatoms. The van der Waals surface area contributed by atoms with E-state index in [1.807, 2.05) is 6.08 Å². The number of hydrogen-bond acceptors (Lipinski definition) is 4. The fourth-order valence-electron chi connectivity index (χ4n) is 1.51. The van der Waals surface area contributed by atoms with Crippen LogP contribution in [0.15, 0.2) is 12.7 Å². The molecule has 0 saturated carbocycles. The van der Waals surface area contributed by atoms with Crippen LogP contribution in [0, 0.1) is 0 Å². The summed E-state index contributed by atoms with van der Waals surface area (Å²) < 4.78 is 15.8. The first-order valence-corrected chi connectivity index (χ1v) is 7.61. The molecule has 0 spiro atoms. The van der Waals surface area contributed by atoms with E-state index < -0.39 is 8.80 Å². The van der Waals surface area contributed by atoms with Gasteiger partial charge >= 0.3 is 8.80 Å². The first-order chi connectivity index (χ1) is 7.74. The van der Waals surface area contributed by atoms with E-state index in [4.69, 9.17) is 13.4 Å². The molecule has 0 aliphatic rings. The number of allylic oxidation sites excluding steroid dienone is 1. The van der Waals surface area contributed by atoms with E-state index in [-0.39, 0.29) is 0 Å². The Morgan fingerprint density at radius 2 is 1.62 bits per heavy atom. The lowest BCUT2D eigenvalue weighted by molar-refractivity contribution is -0.224. The maximum atomic E-state index is 5.31. The lowest BCUT2D eigenvalue weighted by Gasteiger charge is -2.23. The normalized spacial score (nSPS) is 11.7. The van der Waals surface area contributed by atoms with Gasteiger partial charge < -0.3 is 8.85 Å². The van der Waals surface area contributed by atoms with Crippen molar-refractivity contribution in [3.8, 4) is 0 Å². The summed E-state index contributed by atoms with van der Waals surface area (Å²) in [5.74, 6) is 0. The smallest absolute Gasteiger partial charge is 0.376 e. The number of unbranched alkanes of at least 4 members (excludes halogenated alkanes) is 4. The van der Waals surface area contributed by atoms with Gasteiger partial charge in [0.15, 0.2) is 0 Å². The molecule has 16 heavy (non-hydrogen) atoms. The molecule has 0 aliphatic heterocycles. The Morgan fingerprint density at radius 1 is 1.00 bits per heavy atom. The fraction of sp³-hybridized carbons (Fsp3) is 0.818. The van der Waals surface area contributed by atoms with Crippen molar-refractivity contribution >= 4 is 8.80 Å². The highest BCUT2D eigenvalue weighted by molar-refractivity contribution is 6.60. The first kappa shape index (κ1) is 15.8. The molecule has 96 valence electrons. The minimum Gasteiger partial charge on any atom is -0.376 e. The monoisotopic (exact) mass is 248 g/mol. The van der Waals surface area contributed by atoms with Gasteiger partial charge in [-0.05, 0) is 19.3 Å². The van der Waals surface area contributed by atoms with Gasteiger partial charge in [0.2, 0.25) is 0 Å². The minimum absolute atomic E-state index is 0.794. The van der Waals surface area contributed by atoms with Gasteiger partial charge in [-0.1, -0.05) is 18.9 Å². The summed E-state index contributed by atoms with van der Waals surface area (Å²) in [6, 6.07) is 0.794. The number of rotatable bonds is 11. The van der Waals surface area contributed by atoms with Gasteiger partial charge in [0.05, 0.1) is 7.11 Å². The van der Waals surface area contributed by atoms with E-state index >= 15 is 0 Å². The third-order valence-corrected chi connectivity index (χ3v) is 5.10. The molecule has 0 aromatic carbocycles. The van der Waals surface area contributed by atoms with Crippen LogP contribution >= 0.6 is 0 Å². The van der Waals surface area contributed by atoms with Crippen molar-refractivity contribution in [1.29, 1.82) is 0 Å². The van der Waals surface area contributed by atoms with Gasteiger partial charge in [-0.2, -0.15) is 0 Å². The summed E-state index contributed by atoms with van der Waals surface area (Å²) in [5.41, 5.74) is 0. The molecule has 0 aliphatic carbocycles. The quantitative estimate of drug-likeness (QED) is 0.185. The molecule has 0 radical (unpaired) electrons. The maximum absolute atomic E-state index is 5.31. The van der Waals surface area contributed by atoms with Crippen LogP contribution in [-0.4, -0.2) is 30.1 Å². The summed E-state index contributed by atoms with van der Waals surface area (Å²) in [7, 11) is 2.13. The zero-order chi connectivity index (χ0) is 12.3. The van der Waals surface area contributed by atoms with Crippen LogP contribution in [0.3, 0.4) is 0 Å². The van der Waals surface area contributed by atoms with Crippen LogP contribution in [0.1, 0.15) is 32.1 Å². The fourth-order valence-corrected chi connectivity index (χ4v) is 3.24. The molecule has 0 N–H and O–H groups in total. The highest BCUT2D eigenvalue weighted by atomic mass is 28.4. The molecular formula is C11H24O4Si. The molecule has 4 nitrogen and oxygen atoms in total. The van der Waals surface area contributed by atoms with Crippen molar-refractivity contribution in [1.82, 2.24) is 0 Å². The Labute approximate surface area is 99.8 Å². The van der Waals surface area contributed by atoms with Crippen molar-refractivity contribution in [2.75, 3.05) is 21.3 Å². The molecule has 0 atom stereocenters. The Bertz CT molecular complexity index is 171. The summed E-state index contributed by atoms with van der Waals surface area (Å²) in [4.78, 5) is 4.68. The minimum atomic E-state index is -2.55. The molecule has 0 heterocycles. The summed E-state index contributed by atoms with van der Waals surface area (Å²) in [6.45, 7) is 3.70. The van der Waals surface area contributed by atoms with Crippen molar-refractivity contribution < 1.29 is 18.3 Å².